The Balaban J connectivity index is 1.32. The monoisotopic (exact) mass is 382 g/mol. The van der Waals surface area contributed by atoms with E-state index in [-0.39, 0.29) is 0 Å². The van der Waals surface area contributed by atoms with Crippen molar-refractivity contribution in [3.05, 3.63) is 60.4 Å². The van der Waals surface area contributed by atoms with Gasteiger partial charge in [0.25, 0.3) is 0 Å². The van der Waals surface area contributed by atoms with E-state index in [1.807, 2.05) is 36.4 Å². The van der Waals surface area contributed by atoms with Crippen LogP contribution in [0.1, 0.15) is 11.7 Å². The Hall–Kier alpha value is -2.70. The highest BCUT2D eigenvalue weighted by Crippen LogP contribution is 2.32. The summed E-state index contributed by atoms with van der Waals surface area (Å²) in [4.78, 5) is 4.66. The molecule has 0 aromatic heterocycles. The molecule has 2 aliphatic heterocycles. The number of piperazine rings is 1. The molecule has 2 aromatic carbocycles. The van der Waals surface area contributed by atoms with Gasteiger partial charge in [0.05, 0.1) is 19.5 Å². The number of methoxy groups -OCH3 is 1. The lowest BCUT2D eigenvalue weighted by atomic mass is 10.1. The average molecular weight is 382 g/mol. The Morgan fingerprint density at radius 1 is 1.04 bits per heavy atom. The third-order valence-electron chi connectivity index (χ3n) is 5.22. The second-order valence-corrected chi connectivity index (χ2v) is 7.01. The molecular weight excluding hydrogens is 356 g/mol. The molecular formula is C22H26N2O4. The lowest BCUT2D eigenvalue weighted by Crippen LogP contribution is -2.47. The third kappa shape index (κ3) is 4.24. The van der Waals surface area contributed by atoms with Crippen LogP contribution in [0.15, 0.2) is 54.8 Å². The van der Waals surface area contributed by atoms with Crippen molar-refractivity contribution in [1.82, 2.24) is 4.90 Å². The van der Waals surface area contributed by atoms with Gasteiger partial charge in [-0.05, 0) is 48.0 Å². The molecule has 1 N–H and O–H groups in total. The number of hydrogen-bond donors (Lipinski definition) is 1. The van der Waals surface area contributed by atoms with E-state index in [2.05, 4.69) is 21.9 Å². The van der Waals surface area contributed by atoms with Crippen LogP contribution in [0.3, 0.4) is 0 Å². The Kier molecular flexibility index (Phi) is 5.69. The molecule has 0 bridgehead atoms. The highest BCUT2D eigenvalue weighted by Gasteiger charge is 2.21. The topological polar surface area (TPSA) is 54.4 Å². The third-order valence-corrected chi connectivity index (χ3v) is 5.22. The van der Waals surface area contributed by atoms with Crippen molar-refractivity contribution in [1.29, 1.82) is 0 Å². The fourth-order valence-electron chi connectivity index (χ4n) is 3.57. The van der Waals surface area contributed by atoms with Crippen LogP contribution in [0.5, 0.6) is 17.2 Å². The summed E-state index contributed by atoms with van der Waals surface area (Å²) in [5.41, 5.74) is 2.05. The highest BCUT2D eigenvalue weighted by atomic mass is 16.5. The predicted octanol–water partition coefficient (Wildman–Crippen LogP) is 2.84. The van der Waals surface area contributed by atoms with Crippen molar-refractivity contribution in [2.24, 2.45) is 0 Å². The van der Waals surface area contributed by atoms with Gasteiger partial charge in [-0.1, -0.05) is 6.07 Å². The molecule has 0 amide bonds. The van der Waals surface area contributed by atoms with E-state index < -0.39 is 6.10 Å². The van der Waals surface area contributed by atoms with E-state index in [4.69, 9.17) is 14.2 Å². The second kappa shape index (κ2) is 8.54. The number of β-amino-alcohol motifs (C(OH)–C–C–N with tert-alkyl or cyclic N) is 1. The van der Waals surface area contributed by atoms with Crippen LogP contribution in [0.2, 0.25) is 0 Å². The summed E-state index contributed by atoms with van der Waals surface area (Å²) in [5.74, 6) is 2.22. The standard InChI is InChI=1S/C22H26N2O4/c1-26-19-6-4-18(5-7-19)24-11-9-23(10-12-24)16-20(25)17-3-8-21-22(15-17)28-14-2-13-27-21/h2-8,13,15,20,25H,9-12,14,16H2,1H3. The van der Waals surface area contributed by atoms with E-state index in [1.165, 1.54) is 5.69 Å². The molecule has 1 unspecified atom stereocenters. The van der Waals surface area contributed by atoms with Crippen LogP contribution in [0.25, 0.3) is 0 Å². The average Bonchev–Trinajstić information content (AvgIpc) is 2.99. The van der Waals surface area contributed by atoms with Gasteiger partial charge in [0, 0.05) is 38.4 Å². The molecule has 4 rings (SSSR count). The van der Waals surface area contributed by atoms with E-state index in [0.29, 0.717) is 24.7 Å². The molecule has 28 heavy (non-hydrogen) atoms. The number of rotatable bonds is 5. The lowest BCUT2D eigenvalue weighted by molar-refractivity contribution is 0.109. The summed E-state index contributed by atoms with van der Waals surface area (Å²) in [6, 6.07) is 13.8. The number of ether oxygens (including phenoxy) is 3. The van der Waals surface area contributed by atoms with Crippen molar-refractivity contribution in [2.75, 3.05) is 51.3 Å². The van der Waals surface area contributed by atoms with Crippen molar-refractivity contribution in [3.8, 4) is 17.2 Å². The van der Waals surface area contributed by atoms with E-state index in [0.717, 1.165) is 37.5 Å². The van der Waals surface area contributed by atoms with Gasteiger partial charge < -0.3 is 24.2 Å². The lowest BCUT2D eigenvalue weighted by Gasteiger charge is -2.37. The van der Waals surface area contributed by atoms with Crippen LogP contribution in [0.4, 0.5) is 5.69 Å². The van der Waals surface area contributed by atoms with Gasteiger partial charge in [-0.15, -0.1) is 0 Å². The molecule has 148 valence electrons. The number of aliphatic hydroxyl groups excluding tert-OH is 1. The summed E-state index contributed by atoms with van der Waals surface area (Å²) >= 11 is 0. The number of anilines is 1. The zero-order chi connectivity index (χ0) is 19.3. The molecule has 2 aromatic rings. The van der Waals surface area contributed by atoms with Gasteiger partial charge >= 0.3 is 0 Å². The Morgan fingerprint density at radius 3 is 2.57 bits per heavy atom. The summed E-state index contributed by atoms with van der Waals surface area (Å²) in [6.07, 6.45) is 2.89. The van der Waals surface area contributed by atoms with Gasteiger partial charge in [0.2, 0.25) is 0 Å². The van der Waals surface area contributed by atoms with Gasteiger partial charge in [0.15, 0.2) is 11.5 Å². The minimum absolute atomic E-state index is 0.472. The Bertz CT molecular complexity index is 814. The van der Waals surface area contributed by atoms with Gasteiger partial charge in [-0.2, -0.15) is 0 Å². The Morgan fingerprint density at radius 2 is 1.82 bits per heavy atom. The van der Waals surface area contributed by atoms with Crippen molar-refractivity contribution >= 4 is 5.69 Å². The smallest absolute Gasteiger partial charge is 0.168 e. The van der Waals surface area contributed by atoms with E-state index in [9.17, 15) is 5.11 Å². The number of aliphatic hydroxyl groups is 1. The first kappa shape index (κ1) is 18.7. The number of hydrogen-bond acceptors (Lipinski definition) is 6. The zero-order valence-electron chi connectivity index (χ0n) is 16.1. The van der Waals surface area contributed by atoms with Crippen molar-refractivity contribution in [3.63, 3.8) is 0 Å². The molecule has 0 aliphatic carbocycles. The fourth-order valence-corrected chi connectivity index (χ4v) is 3.57. The summed E-state index contributed by atoms with van der Waals surface area (Å²) in [7, 11) is 1.68. The first-order chi connectivity index (χ1) is 13.7. The van der Waals surface area contributed by atoms with E-state index in [1.54, 1.807) is 13.4 Å². The summed E-state index contributed by atoms with van der Waals surface area (Å²) in [5, 5.41) is 10.7. The molecule has 0 radical (unpaired) electrons. The molecule has 1 saturated heterocycles. The largest absolute Gasteiger partial charge is 0.497 e. The molecule has 6 heteroatoms. The van der Waals surface area contributed by atoms with Crippen LogP contribution in [-0.4, -0.2) is 56.4 Å². The highest BCUT2D eigenvalue weighted by molar-refractivity contribution is 5.49. The van der Waals surface area contributed by atoms with Crippen molar-refractivity contribution in [2.45, 2.75) is 6.10 Å². The molecule has 6 nitrogen and oxygen atoms in total. The zero-order valence-corrected chi connectivity index (χ0v) is 16.1. The normalized spacial score (nSPS) is 17.9. The molecule has 0 saturated carbocycles. The van der Waals surface area contributed by atoms with E-state index >= 15 is 0 Å². The van der Waals surface area contributed by atoms with Crippen LogP contribution in [-0.2, 0) is 0 Å². The quantitative estimate of drug-likeness (QED) is 0.858. The molecule has 1 atom stereocenters. The number of nitrogens with zero attached hydrogens (tertiary/aromatic N) is 2. The maximum absolute atomic E-state index is 10.7. The maximum Gasteiger partial charge on any atom is 0.168 e. The first-order valence-corrected chi connectivity index (χ1v) is 9.61. The molecule has 2 aliphatic rings. The number of fused-ring (bicyclic) bond motifs is 1. The maximum atomic E-state index is 10.7. The summed E-state index contributed by atoms with van der Waals surface area (Å²) < 4.78 is 16.4. The summed E-state index contributed by atoms with van der Waals surface area (Å²) in [6.45, 7) is 4.78. The molecule has 0 spiro atoms. The molecule has 1 fully saturated rings. The van der Waals surface area contributed by atoms with Gasteiger partial charge in [-0.25, -0.2) is 0 Å². The van der Waals surface area contributed by atoms with Gasteiger partial charge in [-0.3, -0.25) is 4.90 Å². The second-order valence-electron chi connectivity index (χ2n) is 7.01. The minimum atomic E-state index is -0.558. The SMILES string of the molecule is COc1ccc(N2CCN(CC(O)c3ccc4c(c3)OCC=CO4)CC2)cc1. The van der Waals surface area contributed by atoms with Crippen molar-refractivity contribution < 1.29 is 19.3 Å². The van der Waals surface area contributed by atoms with Gasteiger partial charge in [0.1, 0.15) is 12.4 Å². The number of benzene rings is 2. The minimum Gasteiger partial charge on any atom is -0.497 e. The Labute approximate surface area is 165 Å². The predicted molar refractivity (Wildman–Crippen MR) is 108 cm³/mol. The van der Waals surface area contributed by atoms with Crippen LogP contribution >= 0.6 is 0 Å². The first-order valence-electron chi connectivity index (χ1n) is 9.61. The van der Waals surface area contributed by atoms with Crippen LogP contribution < -0.4 is 19.1 Å². The molecule has 2 heterocycles. The van der Waals surface area contributed by atoms with Crippen LogP contribution in [0, 0.1) is 0 Å². The fraction of sp³-hybridized carbons (Fsp3) is 0.364.